The molecule has 2 N–H and O–H groups in total. The number of aryl methyl sites for hydroxylation is 1. The standard InChI is InChI=1S/C17H19BrFNO/c1-3-14(20)9-12-8-11(2)4-6-16(12)21-17-7-5-13(18)10-15(17)19/h4-8,10,14H,3,9,20H2,1-2H3. The van der Waals surface area contributed by atoms with Crippen LogP contribution in [-0.2, 0) is 6.42 Å². The molecule has 0 aromatic heterocycles. The van der Waals surface area contributed by atoms with E-state index in [-0.39, 0.29) is 11.8 Å². The highest BCUT2D eigenvalue weighted by molar-refractivity contribution is 9.10. The molecule has 112 valence electrons. The zero-order valence-electron chi connectivity index (χ0n) is 12.2. The number of ether oxygens (including phenoxy) is 1. The first kappa shape index (κ1) is 16.0. The van der Waals surface area contributed by atoms with E-state index in [0.717, 1.165) is 17.5 Å². The molecule has 0 spiro atoms. The topological polar surface area (TPSA) is 35.2 Å². The molecule has 0 saturated carbocycles. The number of rotatable bonds is 5. The van der Waals surface area contributed by atoms with Gasteiger partial charge in [-0.25, -0.2) is 4.39 Å². The van der Waals surface area contributed by atoms with Crippen molar-refractivity contribution in [2.75, 3.05) is 0 Å². The van der Waals surface area contributed by atoms with Gasteiger partial charge in [-0.05, 0) is 49.6 Å². The largest absolute Gasteiger partial charge is 0.454 e. The third-order valence-electron chi connectivity index (χ3n) is 3.34. The van der Waals surface area contributed by atoms with Gasteiger partial charge in [-0.2, -0.15) is 0 Å². The number of nitrogens with two attached hydrogens (primary N) is 1. The van der Waals surface area contributed by atoms with Crippen LogP contribution in [0, 0.1) is 12.7 Å². The van der Waals surface area contributed by atoms with Crippen LogP contribution in [-0.4, -0.2) is 6.04 Å². The predicted octanol–water partition coefficient (Wildman–Crippen LogP) is 4.97. The van der Waals surface area contributed by atoms with Crippen LogP contribution in [0.4, 0.5) is 4.39 Å². The minimum absolute atomic E-state index is 0.0731. The Hall–Kier alpha value is -1.39. The first-order valence-electron chi connectivity index (χ1n) is 6.97. The molecule has 0 heterocycles. The number of hydrogen-bond donors (Lipinski definition) is 1. The van der Waals surface area contributed by atoms with Crippen molar-refractivity contribution >= 4 is 15.9 Å². The first-order chi connectivity index (χ1) is 9.99. The lowest BCUT2D eigenvalue weighted by Gasteiger charge is -2.15. The van der Waals surface area contributed by atoms with Crippen LogP contribution in [0.15, 0.2) is 40.9 Å². The highest BCUT2D eigenvalue weighted by atomic mass is 79.9. The quantitative estimate of drug-likeness (QED) is 0.825. The van der Waals surface area contributed by atoms with Crippen molar-refractivity contribution in [3.05, 3.63) is 57.8 Å². The second kappa shape index (κ2) is 7.05. The highest BCUT2D eigenvalue weighted by Crippen LogP contribution is 2.30. The van der Waals surface area contributed by atoms with E-state index in [1.807, 2.05) is 25.1 Å². The summed E-state index contributed by atoms with van der Waals surface area (Å²) in [5.41, 5.74) is 8.17. The molecule has 0 saturated heterocycles. The zero-order chi connectivity index (χ0) is 15.4. The second-order valence-electron chi connectivity index (χ2n) is 5.16. The first-order valence-corrected chi connectivity index (χ1v) is 7.77. The normalized spacial score (nSPS) is 12.2. The summed E-state index contributed by atoms with van der Waals surface area (Å²) in [5, 5.41) is 0. The van der Waals surface area contributed by atoms with E-state index in [1.165, 1.54) is 6.07 Å². The van der Waals surface area contributed by atoms with E-state index in [9.17, 15) is 4.39 Å². The fourth-order valence-corrected chi connectivity index (χ4v) is 2.40. The van der Waals surface area contributed by atoms with Gasteiger partial charge in [0.1, 0.15) is 5.75 Å². The van der Waals surface area contributed by atoms with E-state index in [2.05, 4.69) is 22.9 Å². The summed E-state index contributed by atoms with van der Waals surface area (Å²) >= 11 is 3.24. The molecule has 0 aliphatic heterocycles. The van der Waals surface area contributed by atoms with E-state index < -0.39 is 5.82 Å². The van der Waals surface area contributed by atoms with Crippen LogP contribution in [0.25, 0.3) is 0 Å². The van der Waals surface area contributed by atoms with Gasteiger partial charge in [0.05, 0.1) is 0 Å². The van der Waals surface area contributed by atoms with Crippen LogP contribution in [0.1, 0.15) is 24.5 Å². The third kappa shape index (κ3) is 4.29. The summed E-state index contributed by atoms with van der Waals surface area (Å²) in [7, 11) is 0. The molecule has 4 heteroatoms. The lowest BCUT2D eigenvalue weighted by molar-refractivity contribution is 0.435. The predicted molar refractivity (Wildman–Crippen MR) is 87.3 cm³/mol. The van der Waals surface area contributed by atoms with E-state index >= 15 is 0 Å². The lowest BCUT2D eigenvalue weighted by atomic mass is 10.0. The van der Waals surface area contributed by atoms with Crippen LogP contribution in [0.3, 0.4) is 0 Å². The molecule has 2 aromatic rings. The lowest BCUT2D eigenvalue weighted by Crippen LogP contribution is -2.21. The SMILES string of the molecule is CCC(N)Cc1cc(C)ccc1Oc1ccc(Br)cc1F. The van der Waals surface area contributed by atoms with Gasteiger partial charge in [0.2, 0.25) is 0 Å². The Morgan fingerprint density at radius 1 is 1.19 bits per heavy atom. The Bertz CT molecular complexity index is 630. The molecular weight excluding hydrogens is 333 g/mol. The molecule has 2 rings (SSSR count). The second-order valence-corrected chi connectivity index (χ2v) is 6.08. The number of halogens is 2. The molecule has 1 unspecified atom stereocenters. The van der Waals surface area contributed by atoms with Crippen molar-refractivity contribution in [1.82, 2.24) is 0 Å². The molecule has 2 nitrogen and oxygen atoms in total. The average molecular weight is 352 g/mol. The molecule has 21 heavy (non-hydrogen) atoms. The minimum Gasteiger partial charge on any atom is -0.454 e. The number of benzene rings is 2. The van der Waals surface area contributed by atoms with Gasteiger partial charge in [0.25, 0.3) is 0 Å². The van der Waals surface area contributed by atoms with Crippen molar-refractivity contribution in [3.63, 3.8) is 0 Å². The smallest absolute Gasteiger partial charge is 0.166 e. The fourth-order valence-electron chi connectivity index (χ4n) is 2.07. The Balaban J connectivity index is 2.30. The van der Waals surface area contributed by atoms with Crippen molar-refractivity contribution in [2.24, 2.45) is 5.73 Å². The zero-order valence-corrected chi connectivity index (χ0v) is 13.8. The maximum atomic E-state index is 13.9. The van der Waals surface area contributed by atoms with Crippen LogP contribution in [0.5, 0.6) is 11.5 Å². The summed E-state index contributed by atoms with van der Waals surface area (Å²) in [6.07, 6.45) is 1.60. The van der Waals surface area contributed by atoms with Gasteiger partial charge in [-0.15, -0.1) is 0 Å². The van der Waals surface area contributed by atoms with Crippen LogP contribution < -0.4 is 10.5 Å². The molecule has 0 bridgehead atoms. The Morgan fingerprint density at radius 2 is 1.90 bits per heavy atom. The summed E-state index contributed by atoms with van der Waals surface area (Å²) in [6, 6.07) is 10.7. The third-order valence-corrected chi connectivity index (χ3v) is 3.83. The minimum atomic E-state index is -0.393. The Kier molecular flexibility index (Phi) is 5.37. The Morgan fingerprint density at radius 3 is 2.57 bits per heavy atom. The molecule has 0 amide bonds. The van der Waals surface area contributed by atoms with Gasteiger partial charge in [-0.1, -0.05) is 40.5 Å². The van der Waals surface area contributed by atoms with Crippen molar-refractivity contribution in [3.8, 4) is 11.5 Å². The van der Waals surface area contributed by atoms with E-state index in [0.29, 0.717) is 16.6 Å². The van der Waals surface area contributed by atoms with Crippen molar-refractivity contribution in [1.29, 1.82) is 0 Å². The van der Waals surface area contributed by atoms with Gasteiger partial charge < -0.3 is 10.5 Å². The van der Waals surface area contributed by atoms with Crippen molar-refractivity contribution in [2.45, 2.75) is 32.7 Å². The van der Waals surface area contributed by atoms with Gasteiger partial charge in [0, 0.05) is 10.5 Å². The summed E-state index contributed by atoms with van der Waals surface area (Å²) in [4.78, 5) is 0. The fraction of sp³-hybridized carbons (Fsp3) is 0.294. The summed E-state index contributed by atoms with van der Waals surface area (Å²) < 4.78 is 20.3. The highest BCUT2D eigenvalue weighted by Gasteiger charge is 2.11. The van der Waals surface area contributed by atoms with Crippen molar-refractivity contribution < 1.29 is 9.13 Å². The molecule has 1 atom stereocenters. The van der Waals surface area contributed by atoms with Crippen LogP contribution >= 0.6 is 15.9 Å². The van der Waals surface area contributed by atoms with E-state index in [1.54, 1.807) is 12.1 Å². The van der Waals surface area contributed by atoms with Gasteiger partial charge in [-0.3, -0.25) is 0 Å². The molecule has 0 aliphatic rings. The summed E-state index contributed by atoms with van der Waals surface area (Å²) in [6.45, 7) is 4.07. The number of hydrogen-bond acceptors (Lipinski definition) is 2. The Labute approximate surface area is 133 Å². The van der Waals surface area contributed by atoms with Crippen LogP contribution in [0.2, 0.25) is 0 Å². The average Bonchev–Trinajstić information content (AvgIpc) is 2.44. The van der Waals surface area contributed by atoms with Gasteiger partial charge >= 0.3 is 0 Å². The molecule has 2 aromatic carbocycles. The monoisotopic (exact) mass is 351 g/mol. The molecule has 0 aliphatic carbocycles. The molecular formula is C17H19BrFNO. The van der Waals surface area contributed by atoms with E-state index in [4.69, 9.17) is 10.5 Å². The molecule has 0 radical (unpaired) electrons. The van der Waals surface area contributed by atoms with Gasteiger partial charge in [0.15, 0.2) is 11.6 Å². The maximum absolute atomic E-state index is 13.9. The summed E-state index contributed by atoms with van der Waals surface area (Å²) in [5.74, 6) is 0.481. The molecule has 0 fully saturated rings. The maximum Gasteiger partial charge on any atom is 0.166 e.